The third-order valence-electron chi connectivity index (χ3n) is 4.01. The minimum atomic E-state index is -0.560. The van der Waals surface area contributed by atoms with Gasteiger partial charge in [0.1, 0.15) is 12.0 Å². The van der Waals surface area contributed by atoms with Gasteiger partial charge in [-0.15, -0.1) is 0 Å². The number of nitrogens with two attached hydrogens (primary N) is 1. The number of fused-ring (bicyclic) bond motifs is 1. The molecule has 5 heteroatoms. The van der Waals surface area contributed by atoms with Gasteiger partial charge in [0, 0.05) is 17.3 Å². The summed E-state index contributed by atoms with van der Waals surface area (Å²) in [5.74, 6) is 0.0759. The van der Waals surface area contributed by atoms with Crippen LogP contribution in [0.4, 0.5) is 0 Å². The molecule has 3 aromatic rings. The van der Waals surface area contributed by atoms with Crippen molar-refractivity contribution in [2.45, 2.75) is 0 Å². The summed E-state index contributed by atoms with van der Waals surface area (Å²) >= 11 is 0. The Morgan fingerprint density at radius 1 is 1.00 bits per heavy atom. The molecule has 5 nitrogen and oxygen atoms in total. The molecule has 2 heterocycles. The van der Waals surface area contributed by atoms with E-state index in [4.69, 9.17) is 15.5 Å². The summed E-state index contributed by atoms with van der Waals surface area (Å²) in [5.41, 5.74) is 10.1. The lowest BCUT2D eigenvalue weighted by molar-refractivity contribution is -0.151. The molecule has 0 aliphatic carbocycles. The number of hydrogen-bond donors (Lipinski definition) is 1. The lowest BCUT2D eigenvalue weighted by Crippen LogP contribution is -2.15. The molecule has 0 spiro atoms. The van der Waals surface area contributed by atoms with Gasteiger partial charge < -0.3 is 5.73 Å². The smallest absolute Gasteiger partial charge is 0.267 e. The number of carbonyl (C=O) groups excluding carboxylic acids is 1. The van der Waals surface area contributed by atoms with Crippen LogP contribution in [0.15, 0.2) is 67.1 Å². The second kappa shape index (κ2) is 6.13. The van der Waals surface area contributed by atoms with Crippen LogP contribution < -0.4 is 10.6 Å². The number of benzene rings is 2. The minimum Gasteiger partial charge on any atom is -0.364 e. The second-order valence-electron chi connectivity index (χ2n) is 5.55. The molecule has 4 rings (SSSR count). The molecule has 0 unspecified atom stereocenters. The number of aromatic nitrogens is 1. The molecule has 0 atom stereocenters. The molecule has 1 amide bonds. The standard InChI is InChI=1S/C20H14N2O3/c21-20(23)19-18(13-4-2-1-3-5-13)16(8-10-22-19)14-6-7-17-15(12-14)9-11-24-25-17/h1-12H,(H2,21,23). The summed E-state index contributed by atoms with van der Waals surface area (Å²) in [7, 11) is 0. The summed E-state index contributed by atoms with van der Waals surface area (Å²) in [6, 6.07) is 17.2. The Balaban J connectivity index is 1.95. The van der Waals surface area contributed by atoms with Crippen LogP contribution in [0, 0.1) is 0 Å². The lowest BCUT2D eigenvalue weighted by Gasteiger charge is -2.15. The summed E-state index contributed by atoms with van der Waals surface area (Å²) in [5, 5.41) is 0. The maximum Gasteiger partial charge on any atom is 0.267 e. The average molecular weight is 330 g/mol. The molecule has 1 aliphatic heterocycles. The molecule has 122 valence electrons. The van der Waals surface area contributed by atoms with Gasteiger partial charge in [0.25, 0.3) is 5.91 Å². The van der Waals surface area contributed by atoms with Crippen molar-refractivity contribution >= 4 is 12.0 Å². The SMILES string of the molecule is NC(=O)c1nccc(-c2ccc3c(c2)C=COO3)c1-c1ccccc1. The summed E-state index contributed by atoms with van der Waals surface area (Å²) in [6.45, 7) is 0. The van der Waals surface area contributed by atoms with Crippen LogP contribution in [0.3, 0.4) is 0 Å². The van der Waals surface area contributed by atoms with E-state index in [0.29, 0.717) is 11.3 Å². The molecule has 0 saturated carbocycles. The fourth-order valence-electron chi connectivity index (χ4n) is 2.89. The first-order valence-corrected chi connectivity index (χ1v) is 7.72. The highest BCUT2D eigenvalue weighted by atomic mass is 17.2. The maximum absolute atomic E-state index is 11.9. The van der Waals surface area contributed by atoms with E-state index >= 15 is 0 Å². The molecule has 25 heavy (non-hydrogen) atoms. The zero-order valence-corrected chi connectivity index (χ0v) is 13.2. The minimum absolute atomic E-state index is 0.247. The van der Waals surface area contributed by atoms with Crippen LogP contribution in [0.25, 0.3) is 28.3 Å². The normalized spacial score (nSPS) is 12.0. The Bertz CT molecular complexity index is 981. The first kappa shape index (κ1) is 15.0. The van der Waals surface area contributed by atoms with Crippen molar-refractivity contribution in [1.29, 1.82) is 0 Å². The Labute approximate surface area is 144 Å². The van der Waals surface area contributed by atoms with Gasteiger partial charge in [-0.3, -0.25) is 19.6 Å². The van der Waals surface area contributed by atoms with Gasteiger partial charge in [-0.2, -0.15) is 0 Å². The van der Waals surface area contributed by atoms with Crippen molar-refractivity contribution in [3.8, 4) is 28.0 Å². The molecule has 2 aromatic carbocycles. The van der Waals surface area contributed by atoms with Gasteiger partial charge in [0.15, 0.2) is 5.75 Å². The van der Waals surface area contributed by atoms with E-state index in [1.54, 1.807) is 6.20 Å². The third kappa shape index (κ3) is 2.72. The number of primary amides is 1. The Hall–Kier alpha value is -3.60. The molecule has 1 aromatic heterocycles. The highest BCUT2D eigenvalue weighted by molar-refractivity contribution is 6.02. The second-order valence-corrected chi connectivity index (χ2v) is 5.55. The number of amides is 1. The zero-order chi connectivity index (χ0) is 17.2. The molecule has 0 saturated heterocycles. The van der Waals surface area contributed by atoms with E-state index < -0.39 is 5.91 Å². The average Bonchev–Trinajstić information content (AvgIpc) is 2.67. The highest BCUT2D eigenvalue weighted by Gasteiger charge is 2.18. The third-order valence-corrected chi connectivity index (χ3v) is 4.01. The van der Waals surface area contributed by atoms with Gasteiger partial charge in [-0.1, -0.05) is 36.4 Å². The monoisotopic (exact) mass is 330 g/mol. The number of pyridine rings is 1. The Morgan fingerprint density at radius 3 is 2.64 bits per heavy atom. The van der Waals surface area contributed by atoms with E-state index in [2.05, 4.69) is 4.98 Å². The van der Waals surface area contributed by atoms with E-state index in [1.807, 2.05) is 60.7 Å². The molecule has 1 aliphatic rings. The lowest BCUT2D eigenvalue weighted by atomic mass is 9.92. The summed E-state index contributed by atoms with van der Waals surface area (Å²) < 4.78 is 0. The maximum atomic E-state index is 11.9. The van der Waals surface area contributed by atoms with Crippen LogP contribution in [0.2, 0.25) is 0 Å². The first-order chi connectivity index (χ1) is 12.2. The van der Waals surface area contributed by atoms with E-state index in [-0.39, 0.29) is 5.69 Å². The van der Waals surface area contributed by atoms with E-state index in [1.165, 1.54) is 6.26 Å². The van der Waals surface area contributed by atoms with Crippen molar-refractivity contribution in [2.75, 3.05) is 0 Å². The van der Waals surface area contributed by atoms with E-state index in [9.17, 15) is 4.79 Å². The van der Waals surface area contributed by atoms with E-state index in [0.717, 1.165) is 22.3 Å². The zero-order valence-electron chi connectivity index (χ0n) is 13.2. The van der Waals surface area contributed by atoms with Crippen molar-refractivity contribution in [3.05, 3.63) is 78.3 Å². The molecular formula is C20H14N2O3. The number of carbonyl (C=O) groups is 1. The fraction of sp³-hybridized carbons (Fsp3) is 0. The largest absolute Gasteiger partial charge is 0.364 e. The van der Waals surface area contributed by atoms with Crippen LogP contribution >= 0.6 is 0 Å². The van der Waals surface area contributed by atoms with Crippen molar-refractivity contribution in [2.24, 2.45) is 5.73 Å². The number of nitrogens with zero attached hydrogens (tertiary/aromatic N) is 1. The molecule has 0 radical (unpaired) electrons. The number of hydrogen-bond acceptors (Lipinski definition) is 4. The van der Waals surface area contributed by atoms with Gasteiger partial charge in [-0.25, -0.2) is 0 Å². The van der Waals surface area contributed by atoms with Gasteiger partial charge in [-0.05, 0) is 41.0 Å². The molecular weight excluding hydrogens is 316 g/mol. The van der Waals surface area contributed by atoms with Crippen molar-refractivity contribution in [3.63, 3.8) is 0 Å². The predicted molar refractivity (Wildman–Crippen MR) is 94.4 cm³/mol. The van der Waals surface area contributed by atoms with Crippen molar-refractivity contribution in [1.82, 2.24) is 4.98 Å². The molecule has 2 N–H and O–H groups in total. The van der Waals surface area contributed by atoms with Crippen LogP contribution in [-0.4, -0.2) is 10.9 Å². The topological polar surface area (TPSA) is 74.4 Å². The summed E-state index contributed by atoms with van der Waals surface area (Å²) in [4.78, 5) is 26.1. The quantitative estimate of drug-likeness (QED) is 0.741. The molecule has 0 fully saturated rings. The number of rotatable bonds is 3. The fourth-order valence-corrected chi connectivity index (χ4v) is 2.89. The van der Waals surface area contributed by atoms with Crippen LogP contribution in [0.1, 0.15) is 16.1 Å². The first-order valence-electron chi connectivity index (χ1n) is 7.72. The summed E-state index contributed by atoms with van der Waals surface area (Å²) in [6.07, 6.45) is 4.89. The van der Waals surface area contributed by atoms with Gasteiger partial charge in [0.2, 0.25) is 0 Å². The Morgan fingerprint density at radius 2 is 1.84 bits per heavy atom. The van der Waals surface area contributed by atoms with Gasteiger partial charge in [0.05, 0.1) is 0 Å². The highest BCUT2D eigenvalue weighted by Crippen LogP contribution is 2.36. The van der Waals surface area contributed by atoms with Crippen LogP contribution in [-0.2, 0) is 4.89 Å². The Kier molecular flexibility index (Phi) is 3.67. The predicted octanol–water partition coefficient (Wildman–Crippen LogP) is 3.81. The van der Waals surface area contributed by atoms with Crippen LogP contribution in [0.5, 0.6) is 5.75 Å². The molecule has 0 bridgehead atoms. The van der Waals surface area contributed by atoms with Crippen molar-refractivity contribution < 1.29 is 14.6 Å². The van der Waals surface area contributed by atoms with Gasteiger partial charge >= 0.3 is 0 Å².